The van der Waals surface area contributed by atoms with Crippen LogP contribution in [0.3, 0.4) is 0 Å². The van der Waals surface area contributed by atoms with Gasteiger partial charge >= 0.3 is 0 Å². The van der Waals surface area contributed by atoms with Gasteiger partial charge in [-0.2, -0.15) is 0 Å². The van der Waals surface area contributed by atoms with Gasteiger partial charge in [0.25, 0.3) is 0 Å². The van der Waals surface area contributed by atoms with Crippen LogP contribution in [0.1, 0.15) is 6.42 Å². The van der Waals surface area contributed by atoms with Gasteiger partial charge in [0, 0.05) is 18.8 Å². The minimum atomic E-state index is -3.07. The second-order valence-electron chi connectivity index (χ2n) is 3.28. The fraction of sp³-hybridized carbons (Fsp3) is 1.00. The number of hydrogen-bond acceptors (Lipinski definition) is 4. The van der Waals surface area contributed by atoms with E-state index < -0.39 is 15.9 Å². The van der Waals surface area contributed by atoms with E-state index in [0.29, 0.717) is 13.2 Å². The first-order valence-electron chi connectivity index (χ1n) is 3.92. The van der Waals surface area contributed by atoms with Crippen molar-refractivity contribution in [2.45, 2.75) is 12.5 Å². The maximum Gasteiger partial charge on any atom is 0.150 e. The van der Waals surface area contributed by atoms with Gasteiger partial charge in [-0.05, 0) is 6.42 Å². The summed E-state index contributed by atoms with van der Waals surface area (Å²) in [6.07, 6.45) is 1.13. The summed E-state index contributed by atoms with van der Waals surface area (Å²) in [7, 11) is -3.07. The third-order valence-corrected chi connectivity index (χ3v) is 2.93. The normalized spacial score (nSPS) is 27.3. The Bertz CT molecular complexity index is 228. The van der Waals surface area contributed by atoms with E-state index in [2.05, 4.69) is 0 Å². The van der Waals surface area contributed by atoms with E-state index >= 15 is 0 Å². The van der Waals surface area contributed by atoms with Crippen molar-refractivity contribution in [1.82, 2.24) is 0 Å². The Morgan fingerprint density at radius 3 is 2.75 bits per heavy atom. The molecule has 0 radical (unpaired) electrons. The first-order chi connectivity index (χ1) is 5.49. The molecule has 0 saturated carbocycles. The number of rotatable bonds is 3. The zero-order valence-electron chi connectivity index (χ0n) is 7.06. The SMILES string of the molecule is CS(=O)(=O)CC(O)C1CCOC1. The van der Waals surface area contributed by atoms with Crippen molar-refractivity contribution in [3.05, 3.63) is 0 Å². The molecule has 1 saturated heterocycles. The summed E-state index contributed by atoms with van der Waals surface area (Å²) >= 11 is 0. The van der Waals surface area contributed by atoms with Crippen molar-refractivity contribution in [1.29, 1.82) is 0 Å². The Morgan fingerprint density at radius 2 is 2.33 bits per heavy atom. The van der Waals surface area contributed by atoms with Crippen molar-refractivity contribution in [3.8, 4) is 0 Å². The van der Waals surface area contributed by atoms with Crippen molar-refractivity contribution < 1.29 is 18.3 Å². The van der Waals surface area contributed by atoms with Crippen LogP contribution in [-0.2, 0) is 14.6 Å². The Hall–Kier alpha value is -0.130. The molecule has 2 atom stereocenters. The Labute approximate surface area is 72.5 Å². The Morgan fingerprint density at radius 1 is 1.67 bits per heavy atom. The highest BCUT2D eigenvalue weighted by atomic mass is 32.2. The molecule has 1 aliphatic heterocycles. The molecule has 0 aromatic carbocycles. The van der Waals surface area contributed by atoms with E-state index in [1.807, 2.05) is 0 Å². The van der Waals surface area contributed by atoms with Crippen LogP contribution in [0.2, 0.25) is 0 Å². The molecule has 0 bridgehead atoms. The van der Waals surface area contributed by atoms with Gasteiger partial charge in [0.15, 0.2) is 0 Å². The van der Waals surface area contributed by atoms with E-state index in [0.717, 1.165) is 12.7 Å². The fourth-order valence-electron chi connectivity index (χ4n) is 1.30. The smallest absolute Gasteiger partial charge is 0.150 e. The van der Waals surface area contributed by atoms with E-state index in [-0.39, 0.29) is 11.7 Å². The molecule has 1 rings (SSSR count). The van der Waals surface area contributed by atoms with Crippen LogP contribution in [0, 0.1) is 5.92 Å². The molecule has 1 N–H and O–H groups in total. The third-order valence-electron chi connectivity index (χ3n) is 1.98. The molecular weight excluding hydrogens is 180 g/mol. The van der Waals surface area contributed by atoms with Gasteiger partial charge < -0.3 is 9.84 Å². The van der Waals surface area contributed by atoms with Crippen LogP contribution >= 0.6 is 0 Å². The van der Waals surface area contributed by atoms with Gasteiger partial charge in [-0.25, -0.2) is 8.42 Å². The Kier molecular flexibility index (Phi) is 3.09. The Balaban J connectivity index is 2.42. The van der Waals surface area contributed by atoms with Crippen molar-refractivity contribution >= 4 is 9.84 Å². The minimum absolute atomic E-state index is 0.000255. The average Bonchev–Trinajstić information content (AvgIpc) is 2.32. The minimum Gasteiger partial charge on any atom is -0.392 e. The quantitative estimate of drug-likeness (QED) is 0.653. The second kappa shape index (κ2) is 3.72. The van der Waals surface area contributed by atoms with Crippen molar-refractivity contribution in [2.24, 2.45) is 5.92 Å². The van der Waals surface area contributed by atoms with E-state index in [1.165, 1.54) is 0 Å². The summed E-state index contributed by atoms with van der Waals surface area (Å²) in [6, 6.07) is 0. The molecule has 1 heterocycles. The maximum atomic E-state index is 10.8. The van der Waals surface area contributed by atoms with E-state index in [9.17, 15) is 13.5 Å². The van der Waals surface area contributed by atoms with Crippen molar-refractivity contribution in [2.75, 3.05) is 25.2 Å². The first-order valence-corrected chi connectivity index (χ1v) is 5.98. The van der Waals surface area contributed by atoms with Crippen LogP contribution in [0.15, 0.2) is 0 Å². The number of ether oxygens (including phenoxy) is 1. The molecule has 0 aromatic rings. The average molecular weight is 194 g/mol. The van der Waals surface area contributed by atoms with Gasteiger partial charge in [-0.15, -0.1) is 0 Å². The highest BCUT2D eigenvalue weighted by Gasteiger charge is 2.26. The fourth-order valence-corrected chi connectivity index (χ4v) is 2.20. The lowest BCUT2D eigenvalue weighted by molar-refractivity contribution is 0.108. The summed E-state index contributed by atoms with van der Waals surface area (Å²) in [5.74, 6) is -0.152. The summed E-state index contributed by atoms with van der Waals surface area (Å²) in [5.41, 5.74) is 0. The maximum absolute atomic E-state index is 10.8. The number of aliphatic hydroxyl groups excluding tert-OH is 1. The summed E-state index contributed by atoms with van der Waals surface area (Å²) in [5, 5.41) is 9.43. The van der Waals surface area contributed by atoms with Crippen LogP contribution in [0.5, 0.6) is 0 Å². The lowest BCUT2D eigenvalue weighted by atomic mass is 10.0. The topological polar surface area (TPSA) is 63.6 Å². The zero-order valence-corrected chi connectivity index (χ0v) is 7.88. The van der Waals surface area contributed by atoms with Gasteiger partial charge in [0.2, 0.25) is 0 Å². The van der Waals surface area contributed by atoms with Crippen LogP contribution in [0.25, 0.3) is 0 Å². The highest BCUT2D eigenvalue weighted by Crippen LogP contribution is 2.17. The zero-order chi connectivity index (χ0) is 9.19. The van der Waals surface area contributed by atoms with Crippen molar-refractivity contribution in [3.63, 3.8) is 0 Å². The second-order valence-corrected chi connectivity index (χ2v) is 5.47. The molecule has 2 unspecified atom stereocenters. The first kappa shape index (κ1) is 9.95. The molecule has 5 heteroatoms. The molecule has 0 spiro atoms. The molecule has 0 aliphatic carbocycles. The summed E-state index contributed by atoms with van der Waals surface area (Å²) in [4.78, 5) is 0. The van der Waals surface area contributed by atoms with Gasteiger partial charge in [0.05, 0.1) is 18.5 Å². The molecule has 1 aliphatic rings. The number of aliphatic hydroxyl groups is 1. The monoisotopic (exact) mass is 194 g/mol. The molecule has 12 heavy (non-hydrogen) atoms. The van der Waals surface area contributed by atoms with Crippen LogP contribution < -0.4 is 0 Å². The van der Waals surface area contributed by atoms with Gasteiger partial charge in [0.1, 0.15) is 9.84 Å². The van der Waals surface area contributed by atoms with E-state index in [4.69, 9.17) is 4.74 Å². The summed E-state index contributed by atoms with van der Waals surface area (Å²) < 4.78 is 26.6. The third kappa shape index (κ3) is 3.08. The molecule has 1 fully saturated rings. The van der Waals surface area contributed by atoms with Crippen LogP contribution in [0.4, 0.5) is 0 Å². The number of hydrogen-bond donors (Lipinski definition) is 1. The standard InChI is InChI=1S/C7H14O4S/c1-12(9,10)5-7(8)6-2-3-11-4-6/h6-8H,2-5H2,1H3. The molecule has 0 amide bonds. The highest BCUT2D eigenvalue weighted by molar-refractivity contribution is 7.90. The largest absolute Gasteiger partial charge is 0.392 e. The summed E-state index contributed by atoms with van der Waals surface area (Å²) in [6.45, 7) is 1.11. The van der Waals surface area contributed by atoms with E-state index in [1.54, 1.807) is 0 Å². The lowest BCUT2D eigenvalue weighted by Gasteiger charge is -2.14. The molecule has 4 nitrogen and oxygen atoms in total. The van der Waals surface area contributed by atoms with Gasteiger partial charge in [-0.1, -0.05) is 0 Å². The lowest BCUT2D eigenvalue weighted by Crippen LogP contribution is -2.28. The van der Waals surface area contributed by atoms with Crippen LogP contribution in [-0.4, -0.2) is 44.9 Å². The number of sulfone groups is 1. The molecule has 0 aromatic heterocycles. The van der Waals surface area contributed by atoms with Gasteiger partial charge in [-0.3, -0.25) is 0 Å². The molecular formula is C7H14O4S. The predicted octanol–water partition coefficient (Wildman–Crippen LogP) is -0.572. The molecule has 72 valence electrons. The predicted molar refractivity (Wildman–Crippen MR) is 44.6 cm³/mol.